The third kappa shape index (κ3) is 2.51. The lowest BCUT2D eigenvalue weighted by molar-refractivity contribution is -0.158. The number of rotatable bonds is 3. The fourth-order valence-electron chi connectivity index (χ4n) is 6.75. The van der Waals surface area contributed by atoms with E-state index in [2.05, 4.69) is 18.7 Å². The van der Waals surface area contributed by atoms with Gasteiger partial charge in [0, 0.05) is 18.5 Å². The van der Waals surface area contributed by atoms with Crippen LogP contribution in [0.15, 0.2) is 0 Å². The van der Waals surface area contributed by atoms with Crippen molar-refractivity contribution in [3.05, 3.63) is 0 Å². The lowest BCUT2D eigenvalue weighted by Gasteiger charge is -2.47. The van der Waals surface area contributed by atoms with Crippen LogP contribution in [0.3, 0.4) is 0 Å². The van der Waals surface area contributed by atoms with Gasteiger partial charge in [-0.15, -0.1) is 0 Å². The molecule has 2 bridgehead atoms. The molecule has 0 aromatic rings. The van der Waals surface area contributed by atoms with E-state index >= 15 is 0 Å². The molecule has 0 aromatic heterocycles. The molecule has 4 fully saturated rings. The number of amides is 1. The van der Waals surface area contributed by atoms with Crippen molar-refractivity contribution in [1.82, 2.24) is 4.90 Å². The normalized spacial score (nSPS) is 35.9. The summed E-state index contributed by atoms with van der Waals surface area (Å²) in [4.78, 5) is 29.4. The van der Waals surface area contributed by atoms with Gasteiger partial charge in [0.05, 0.1) is 0 Å². The minimum atomic E-state index is -0.702. The summed E-state index contributed by atoms with van der Waals surface area (Å²) in [5.41, 5.74) is -0.852. The maximum absolute atomic E-state index is 14.1. The van der Waals surface area contributed by atoms with Gasteiger partial charge in [-0.25, -0.2) is 0 Å². The van der Waals surface area contributed by atoms with Crippen LogP contribution in [0.25, 0.3) is 0 Å². The highest BCUT2D eigenvalue weighted by Crippen LogP contribution is 2.64. The number of hydrogen-bond acceptors (Lipinski definition) is 2. The van der Waals surface area contributed by atoms with Gasteiger partial charge in [-0.2, -0.15) is 0 Å². The maximum atomic E-state index is 14.1. The summed E-state index contributed by atoms with van der Waals surface area (Å²) in [6.07, 6.45) is 14.7. The van der Waals surface area contributed by atoms with Crippen molar-refractivity contribution < 1.29 is 9.59 Å². The first-order valence-electron chi connectivity index (χ1n) is 10.8. The summed E-state index contributed by atoms with van der Waals surface area (Å²) in [6, 6.07) is 0.781. The molecule has 0 radical (unpaired) electrons. The van der Waals surface area contributed by atoms with Crippen molar-refractivity contribution in [2.24, 2.45) is 16.7 Å². The quantitative estimate of drug-likeness (QED) is 0.684. The van der Waals surface area contributed by atoms with Crippen LogP contribution < -0.4 is 0 Å². The Hall–Kier alpha value is -0.860. The van der Waals surface area contributed by atoms with E-state index in [9.17, 15) is 9.59 Å². The van der Waals surface area contributed by atoms with E-state index in [0.717, 1.165) is 38.5 Å². The van der Waals surface area contributed by atoms with E-state index in [1.807, 2.05) is 0 Å². The van der Waals surface area contributed by atoms with Crippen molar-refractivity contribution in [2.45, 2.75) is 109 Å². The van der Waals surface area contributed by atoms with Gasteiger partial charge in [-0.05, 0) is 49.9 Å². The van der Waals surface area contributed by atoms with Crippen LogP contribution in [0.5, 0.6) is 0 Å². The highest BCUT2D eigenvalue weighted by Gasteiger charge is 2.69. The van der Waals surface area contributed by atoms with Crippen molar-refractivity contribution in [3.8, 4) is 0 Å². The molecule has 4 aliphatic rings. The predicted molar refractivity (Wildman–Crippen MR) is 99.2 cm³/mol. The topological polar surface area (TPSA) is 37.4 Å². The Labute approximate surface area is 152 Å². The van der Waals surface area contributed by atoms with E-state index in [1.165, 1.54) is 38.5 Å². The second-order valence-corrected chi connectivity index (χ2v) is 9.79. The molecule has 2 unspecified atom stereocenters. The minimum Gasteiger partial charge on any atom is -0.336 e. The summed E-state index contributed by atoms with van der Waals surface area (Å²) in [7, 11) is 0. The standard InChI is InChI=1S/C22H35NO2/c1-21(2)16-13-14-22(21,19(24)15-16)20(25)23(17-9-5-3-6-10-17)18-11-7-4-8-12-18/h16-18H,3-15H2,1-2H3. The molecule has 0 spiro atoms. The first kappa shape index (κ1) is 17.5. The summed E-state index contributed by atoms with van der Waals surface area (Å²) in [6.45, 7) is 4.40. The molecule has 1 amide bonds. The molecule has 3 nitrogen and oxygen atoms in total. The molecule has 0 heterocycles. The predicted octanol–water partition coefficient (Wildman–Crippen LogP) is 4.88. The zero-order chi connectivity index (χ0) is 17.7. The molecule has 25 heavy (non-hydrogen) atoms. The summed E-state index contributed by atoms with van der Waals surface area (Å²) in [5.74, 6) is 0.917. The molecule has 0 aliphatic heterocycles. The Morgan fingerprint density at radius 1 is 0.880 bits per heavy atom. The largest absolute Gasteiger partial charge is 0.336 e. The molecule has 2 atom stereocenters. The molecule has 4 aliphatic carbocycles. The second kappa shape index (κ2) is 6.39. The van der Waals surface area contributed by atoms with E-state index < -0.39 is 5.41 Å². The molecule has 0 saturated heterocycles. The number of hydrogen-bond donors (Lipinski definition) is 0. The minimum absolute atomic E-state index is 0.150. The van der Waals surface area contributed by atoms with Crippen LogP contribution in [0.2, 0.25) is 0 Å². The number of fused-ring (bicyclic) bond motifs is 2. The van der Waals surface area contributed by atoms with Crippen LogP contribution >= 0.6 is 0 Å². The number of carbonyl (C=O) groups excluding carboxylic acids is 2. The Morgan fingerprint density at radius 2 is 1.40 bits per heavy atom. The van der Waals surface area contributed by atoms with Crippen LogP contribution in [0.1, 0.15) is 97.3 Å². The fraction of sp³-hybridized carbons (Fsp3) is 0.909. The first-order valence-corrected chi connectivity index (χ1v) is 10.8. The summed E-state index contributed by atoms with van der Waals surface area (Å²) in [5, 5.41) is 0. The van der Waals surface area contributed by atoms with Crippen molar-refractivity contribution in [2.75, 3.05) is 0 Å². The van der Waals surface area contributed by atoms with Gasteiger partial charge in [0.2, 0.25) is 5.91 Å². The van der Waals surface area contributed by atoms with Gasteiger partial charge >= 0.3 is 0 Å². The van der Waals surface area contributed by atoms with Gasteiger partial charge in [-0.1, -0.05) is 52.4 Å². The monoisotopic (exact) mass is 345 g/mol. The van der Waals surface area contributed by atoms with Gasteiger partial charge in [-0.3, -0.25) is 9.59 Å². The Morgan fingerprint density at radius 3 is 1.80 bits per heavy atom. The van der Waals surface area contributed by atoms with Crippen LogP contribution in [-0.4, -0.2) is 28.7 Å². The van der Waals surface area contributed by atoms with Gasteiger partial charge in [0.1, 0.15) is 11.2 Å². The Balaban J connectivity index is 1.68. The molecular formula is C22H35NO2. The van der Waals surface area contributed by atoms with E-state index in [1.54, 1.807) is 0 Å². The van der Waals surface area contributed by atoms with E-state index in [0.29, 0.717) is 24.4 Å². The third-order valence-corrected chi connectivity index (χ3v) is 8.43. The summed E-state index contributed by atoms with van der Waals surface area (Å²) < 4.78 is 0. The van der Waals surface area contributed by atoms with Crippen LogP contribution in [0.4, 0.5) is 0 Å². The highest BCUT2D eigenvalue weighted by molar-refractivity contribution is 6.09. The summed E-state index contributed by atoms with van der Waals surface area (Å²) >= 11 is 0. The lowest BCUT2D eigenvalue weighted by Crippen LogP contribution is -2.58. The lowest BCUT2D eigenvalue weighted by atomic mass is 9.67. The van der Waals surface area contributed by atoms with E-state index in [4.69, 9.17) is 0 Å². The number of Topliss-reactive ketones (excluding diaryl/α,β-unsaturated/α-hetero) is 1. The van der Waals surface area contributed by atoms with Crippen LogP contribution in [0, 0.1) is 16.7 Å². The Bertz CT molecular complexity index is 524. The number of nitrogens with zero attached hydrogens (tertiary/aromatic N) is 1. The SMILES string of the molecule is CC1(C)C2CCC1(C(=O)N(C1CCCCC1)C1CCCCC1)C(=O)C2. The first-order chi connectivity index (χ1) is 12.0. The number of ketones is 1. The maximum Gasteiger partial charge on any atom is 0.237 e. The molecule has 4 rings (SSSR count). The van der Waals surface area contributed by atoms with E-state index in [-0.39, 0.29) is 17.1 Å². The fourth-order valence-corrected chi connectivity index (χ4v) is 6.75. The van der Waals surface area contributed by atoms with Gasteiger partial charge < -0.3 is 4.90 Å². The van der Waals surface area contributed by atoms with Crippen LogP contribution in [-0.2, 0) is 9.59 Å². The third-order valence-electron chi connectivity index (χ3n) is 8.43. The van der Waals surface area contributed by atoms with Gasteiger partial charge in [0.15, 0.2) is 0 Å². The Kier molecular flexibility index (Phi) is 4.48. The molecule has 3 heteroatoms. The molecule has 4 saturated carbocycles. The van der Waals surface area contributed by atoms with Crippen molar-refractivity contribution in [1.29, 1.82) is 0 Å². The van der Waals surface area contributed by atoms with Gasteiger partial charge in [0.25, 0.3) is 0 Å². The molecule has 0 aromatic carbocycles. The highest BCUT2D eigenvalue weighted by atomic mass is 16.2. The number of carbonyl (C=O) groups is 2. The average Bonchev–Trinajstić information content (AvgIpc) is 2.99. The average molecular weight is 346 g/mol. The molecule has 0 N–H and O–H groups in total. The zero-order valence-electron chi connectivity index (χ0n) is 16.2. The van der Waals surface area contributed by atoms with Crippen molar-refractivity contribution >= 4 is 11.7 Å². The second-order valence-electron chi connectivity index (χ2n) is 9.79. The zero-order valence-corrected chi connectivity index (χ0v) is 16.2. The smallest absolute Gasteiger partial charge is 0.237 e. The van der Waals surface area contributed by atoms with Crippen molar-refractivity contribution in [3.63, 3.8) is 0 Å². The molecular weight excluding hydrogens is 310 g/mol. The molecule has 140 valence electrons.